The molecule has 0 radical (unpaired) electrons. The summed E-state index contributed by atoms with van der Waals surface area (Å²) in [5.74, 6) is 5.67. The lowest BCUT2D eigenvalue weighted by Gasteiger charge is -2.12. The van der Waals surface area contributed by atoms with Crippen LogP contribution in [0.3, 0.4) is 0 Å². The minimum Gasteiger partial charge on any atom is -0.323 e. The van der Waals surface area contributed by atoms with Gasteiger partial charge < -0.3 is 5.84 Å². The van der Waals surface area contributed by atoms with Crippen molar-refractivity contribution in [3.05, 3.63) is 53.6 Å². The lowest BCUT2D eigenvalue weighted by Crippen LogP contribution is -2.01. The molecule has 0 aliphatic heterocycles. The highest BCUT2D eigenvalue weighted by atomic mass is 15.1. The van der Waals surface area contributed by atoms with Crippen molar-refractivity contribution in [2.75, 3.05) is 0 Å². The normalized spacial score (nSPS) is 13.6. The van der Waals surface area contributed by atoms with Crippen LogP contribution in [0.2, 0.25) is 0 Å². The molecule has 0 saturated carbocycles. The van der Waals surface area contributed by atoms with Gasteiger partial charge in [0.15, 0.2) is 0 Å². The first-order valence-corrected chi connectivity index (χ1v) is 5.86. The first-order valence-electron chi connectivity index (χ1n) is 5.86. The van der Waals surface area contributed by atoms with Gasteiger partial charge in [-0.25, -0.2) is 0 Å². The largest absolute Gasteiger partial charge is 0.323 e. The molecule has 1 aromatic carbocycles. The summed E-state index contributed by atoms with van der Waals surface area (Å²) < 4.78 is 0. The molecule has 0 aliphatic rings. The van der Waals surface area contributed by atoms with E-state index in [1.807, 2.05) is 31.2 Å². The number of nitrogens with zero attached hydrogens (tertiary/aromatic N) is 1. The number of allylic oxidation sites excluding steroid dienone is 4. The van der Waals surface area contributed by atoms with Crippen LogP contribution < -0.4 is 5.84 Å². The maximum Gasteiger partial charge on any atom is 0.0506 e. The van der Waals surface area contributed by atoms with Crippen LogP contribution in [0.15, 0.2) is 53.2 Å². The van der Waals surface area contributed by atoms with Crippen molar-refractivity contribution in [3.63, 3.8) is 0 Å². The van der Waals surface area contributed by atoms with Gasteiger partial charge in [-0.2, -0.15) is 5.10 Å². The summed E-state index contributed by atoms with van der Waals surface area (Å²) in [5.41, 5.74) is 3.52. The van der Waals surface area contributed by atoms with Gasteiger partial charge in [-0.05, 0) is 29.6 Å². The molecule has 17 heavy (non-hydrogen) atoms. The van der Waals surface area contributed by atoms with Crippen LogP contribution in [0, 0.1) is 5.92 Å². The van der Waals surface area contributed by atoms with Crippen molar-refractivity contribution < 1.29 is 0 Å². The van der Waals surface area contributed by atoms with Gasteiger partial charge in [-0.15, -0.1) is 0 Å². The average Bonchev–Trinajstić information content (AvgIpc) is 2.34. The van der Waals surface area contributed by atoms with Crippen molar-refractivity contribution in [1.29, 1.82) is 0 Å². The topological polar surface area (TPSA) is 38.4 Å². The Kier molecular flexibility index (Phi) is 5.21. The maximum atomic E-state index is 5.29. The van der Waals surface area contributed by atoms with Crippen LogP contribution in [0.4, 0.5) is 0 Å². The molecule has 0 bridgehead atoms. The van der Waals surface area contributed by atoms with E-state index in [9.17, 15) is 0 Å². The summed E-state index contributed by atoms with van der Waals surface area (Å²) in [5, 5.41) is 3.67. The van der Waals surface area contributed by atoms with E-state index in [1.54, 1.807) is 6.21 Å². The van der Waals surface area contributed by atoms with Crippen LogP contribution in [-0.2, 0) is 0 Å². The third kappa shape index (κ3) is 3.59. The Balaban J connectivity index is 3.37. The Bertz CT molecular complexity index is 425. The minimum atomic E-state index is 0.383. The van der Waals surface area contributed by atoms with Gasteiger partial charge >= 0.3 is 0 Å². The van der Waals surface area contributed by atoms with Gasteiger partial charge in [0.2, 0.25) is 0 Å². The van der Waals surface area contributed by atoms with Crippen LogP contribution in [-0.4, -0.2) is 6.21 Å². The summed E-state index contributed by atoms with van der Waals surface area (Å²) in [7, 11) is 0. The van der Waals surface area contributed by atoms with Gasteiger partial charge in [0, 0.05) is 0 Å². The minimum absolute atomic E-state index is 0.383. The SMILES string of the molecule is C\C=C/C(=C(\C=N/N)C(C)C)c1ccccc1. The second kappa shape index (κ2) is 6.69. The highest BCUT2D eigenvalue weighted by Gasteiger charge is 2.08. The smallest absolute Gasteiger partial charge is 0.0506 e. The predicted octanol–water partition coefficient (Wildman–Crippen LogP) is 3.62. The molecule has 0 amide bonds. The predicted molar refractivity (Wildman–Crippen MR) is 75.7 cm³/mol. The number of rotatable bonds is 4. The fourth-order valence-electron chi connectivity index (χ4n) is 1.75. The van der Waals surface area contributed by atoms with E-state index < -0.39 is 0 Å². The summed E-state index contributed by atoms with van der Waals surface area (Å²) in [6.07, 6.45) is 5.88. The van der Waals surface area contributed by atoms with Crippen LogP contribution in [0.25, 0.3) is 5.57 Å². The number of benzene rings is 1. The molecule has 0 unspecified atom stereocenters. The molecule has 1 rings (SSSR count). The zero-order valence-corrected chi connectivity index (χ0v) is 10.7. The molecule has 2 N–H and O–H groups in total. The summed E-state index contributed by atoms with van der Waals surface area (Å²) >= 11 is 0. The molecular weight excluding hydrogens is 208 g/mol. The molecule has 2 heteroatoms. The number of hydrogen-bond donors (Lipinski definition) is 1. The molecule has 0 fully saturated rings. The van der Waals surface area contributed by atoms with E-state index in [1.165, 1.54) is 11.1 Å². The van der Waals surface area contributed by atoms with Gasteiger partial charge in [-0.3, -0.25) is 0 Å². The second-order valence-electron chi connectivity index (χ2n) is 4.17. The summed E-state index contributed by atoms with van der Waals surface area (Å²) in [6, 6.07) is 10.3. The van der Waals surface area contributed by atoms with E-state index >= 15 is 0 Å². The molecule has 0 heterocycles. The average molecular weight is 228 g/mol. The number of nitrogens with two attached hydrogens (primary N) is 1. The van der Waals surface area contributed by atoms with Crippen molar-refractivity contribution in [2.45, 2.75) is 20.8 Å². The van der Waals surface area contributed by atoms with Gasteiger partial charge in [0.1, 0.15) is 0 Å². The molecule has 2 nitrogen and oxygen atoms in total. The third-order valence-electron chi connectivity index (χ3n) is 2.56. The Morgan fingerprint density at radius 3 is 2.35 bits per heavy atom. The van der Waals surface area contributed by atoms with E-state index in [4.69, 9.17) is 5.84 Å². The van der Waals surface area contributed by atoms with Gasteiger partial charge in [0.25, 0.3) is 0 Å². The lowest BCUT2D eigenvalue weighted by atomic mass is 9.93. The Morgan fingerprint density at radius 1 is 1.24 bits per heavy atom. The van der Waals surface area contributed by atoms with Crippen molar-refractivity contribution in [3.8, 4) is 0 Å². The second-order valence-corrected chi connectivity index (χ2v) is 4.17. The van der Waals surface area contributed by atoms with Crippen molar-refractivity contribution in [2.24, 2.45) is 16.9 Å². The van der Waals surface area contributed by atoms with Crippen molar-refractivity contribution in [1.82, 2.24) is 0 Å². The van der Waals surface area contributed by atoms with Crippen molar-refractivity contribution >= 4 is 11.8 Å². The molecule has 0 aromatic heterocycles. The maximum absolute atomic E-state index is 5.29. The van der Waals surface area contributed by atoms with Crippen LogP contribution in [0.1, 0.15) is 26.3 Å². The van der Waals surface area contributed by atoms with Crippen LogP contribution in [0.5, 0.6) is 0 Å². The first kappa shape index (κ1) is 13.2. The van der Waals surface area contributed by atoms with E-state index in [0.29, 0.717) is 5.92 Å². The van der Waals surface area contributed by atoms with E-state index in [0.717, 1.165) is 5.57 Å². The quantitative estimate of drug-likeness (QED) is 0.363. The standard InChI is InChI=1S/C15H20N2/c1-4-8-14(13-9-6-5-7-10-13)15(11-17-16)12(2)3/h4-12H,16H2,1-3H3/b8-4-,15-14-,17-11-. The molecule has 1 aromatic rings. The van der Waals surface area contributed by atoms with Gasteiger partial charge in [0.05, 0.1) is 6.21 Å². The Morgan fingerprint density at radius 2 is 1.88 bits per heavy atom. The fraction of sp³-hybridized carbons (Fsp3) is 0.267. The molecular formula is C15H20N2. The zero-order chi connectivity index (χ0) is 12.7. The van der Waals surface area contributed by atoms with Gasteiger partial charge in [-0.1, -0.05) is 56.3 Å². The molecule has 0 atom stereocenters. The lowest BCUT2D eigenvalue weighted by molar-refractivity contribution is 0.808. The van der Waals surface area contributed by atoms with E-state index in [2.05, 4.69) is 37.2 Å². The number of hydrogen-bond acceptors (Lipinski definition) is 2. The molecule has 0 spiro atoms. The highest BCUT2D eigenvalue weighted by Crippen LogP contribution is 2.24. The summed E-state index contributed by atoms with van der Waals surface area (Å²) in [6.45, 7) is 6.30. The Labute approximate surface area is 104 Å². The molecule has 90 valence electrons. The fourth-order valence-corrected chi connectivity index (χ4v) is 1.75. The van der Waals surface area contributed by atoms with Crippen LogP contribution >= 0.6 is 0 Å². The molecule has 0 saturated heterocycles. The molecule has 0 aliphatic carbocycles. The van der Waals surface area contributed by atoms with E-state index in [-0.39, 0.29) is 0 Å². The summed E-state index contributed by atoms with van der Waals surface area (Å²) in [4.78, 5) is 0. The monoisotopic (exact) mass is 228 g/mol. The Hall–Kier alpha value is -1.83. The first-order chi connectivity index (χ1) is 8.20. The number of hydrazone groups is 1. The zero-order valence-electron chi connectivity index (χ0n) is 10.7. The third-order valence-corrected chi connectivity index (χ3v) is 2.56. The highest BCUT2D eigenvalue weighted by molar-refractivity contribution is 5.94.